The second kappa shape index (κ2) is 13.1. The number of nitrogens with zero attached hydrogens (tertiary/aromatic N) is 4. The van der Waals surface area contributed by atoms with Gasteiger partial charge in [0.15, 0.2) is 5.96 Å². The Morgan fingerprint density at radius 1 is 1.28 bits per heavy atom. The van der Waals surface area contributed by atoms with E-state index in [1.54, 1.807) is 18.5 Å². The lowest BCUT2D eigenvalue weighted by atomic mass is 10.2. The quantitative estimate of drug-likeness (QED) is 0.283. The van der Waals surface area contributed by atoms with E-state index in [1.165, 1.54) is 13.2 Å². The van der Waals surface area contributed by atoms with Crippen molar-refractivity contribution in [3.8, 4) is 11.5 Å². The molecule has 0 aliphatic rings. The largest absolute Gasteiger partial charge is 0.497 e. The fourth-order valence-electron chi connectivity index (χ4n) is 2.56. The number of alkyl halides is 2. The van der Waals surface area contributed by atoms with E-state index in [2.05, 4.69) is 30.6 Å². The van der Waals surface area contributed by atoms with E-state index in [4.69, 9.17) is 4.74 Å². The molecule has 11 heteroatoms. The molecule has 0 aliphatic carbocycles. The predicted molar refractivity (Wildman–Crippen MR) is 117 cm³/mol. The van der Waals surface area contributed by atoms with Crippen LogP contribution in [0.4, 0.5) is 8.78 Å². The minimum atomic E-state index is -2.90. The zero-order valence-electron chi connectivity index (χ0n) is 16.7. The highest BCUT2D eigenvalue weighted by atomic mass is 127. The summed E-state index contributed by atoms with van der Waals surface area (Å²) in [5, 5.41) is 14.3. The number of rotatable bonds is 10. The maximum absolute atomic E-state index is 12.6. The second-order valence-corrected chi connectivity index (χ2v) is 5.77. The fraction of sp³-hybridized carbons (Fsp3) is 0.500. The molecule has 0 radical (unpaired) electrons. The molecule has 29 heavy (non-hydrogen) atoms. The first kappa shape index (κ1) is 24.9. The monoisotopic (exact) mass is 524 g/mol. The van der Waals surface area contributed by atoms with Crippen LogP contribution in [0.2, 0.25) is 0 Å². The van der Waals surface area contributed by atoms with Crippen LogP contribution in [0.15, 0.2) is 29.5 Å². The van der Waals surface area contributed by atoms with Crippen molar-refractivity contribution >= 4 is 29.9 Å². The summed E-state index contributed by atoms with van der Waals surface area (Å²) in [7, 11) is 1.51. The Bertz CT molecular complexity index is 773. The Labute approximate surface area is 186 Å². The van der Waals surface area contributed by atoms with Crippen LogP contribution in [0.5, 0.6) is 11.5 Å². The van der Waals surface area contributed by atoms with Crippen molar-refractivity contribution in [1.82, 2.24) is 25.4 Å². The van der Waals surface area contributed by atoms with E-state index < -0.39 is 6.61 Å². The minimum Gasteiger partial charge on any atom is -0.497 e. The van der Waals surface area contributed by atoms with Gasteiger partial charge in [-0.2, -0.15) is 8.78 Å². The zero-order valence-corrected chi connectivity index (χ0v) is 19.0. The summed E-state index contributed by atoms with van der Waals surface area (Å²) in [5.41, 5.74) is 0.504. The molecule has 0 atom stereocenters. The maximum atomic E-state index is 12.6. The van der Waals surface area contributed by atoms with Crippen molar-refractivity contribution in [3.05, 3.63) is 35.9 Å². The normalized spacial score (nSPS) is 11.2. The van der Waals surface area contributed by atoms with Crippen LogP contribution < -0.4 is 20.1 Å². The highest BCUT2D eigenvalue weighted by molar-refractivity contribution is 14.0. The first-order valence-corrected chi connectivity index (χ1v) is 9.07. The van der Waals surface area contributed by atoms with Gasteiger partial charge in [0, 0.05) is 31.6 Å². The average molecular weight is 524 g/mol. The number of nitrogens with one attached hydrogen (secondary N) is 2. The minimum absolute atomic E-state index is 0. The van der Waals surface area contributed by atoms with Crippen molar-refractivity contribution < 1.29 is 18.3 Å². The Hall–Kier alpha value is -2.18. The molecule has 0 saturated heterocycles. The smallest absolute Gasteiger partial charge is 0.387 e. The molecule has 0 saturated carbocycles. The molecule has 2 rings (SSSR count). The molecule has 0 spiro atoms. The summed E-state index contributed by atoms with van der Waals surface area (Å²) >= 11 is 0. The molecule has 1 aromatic heterocycles. The molecule has 0 amide bonds. The van der Waals surface area contributed by atoms with Crippen LogP contribution >= 0.6 is 24.0 Å². The standard InChI is InChI=1S/C18H26F2N6O2.HI/c1-4-16-25-24-12-26(16)9-8-22-18(21-5-2)23-11-13-10-14(27-3)6-7-15(13)28-17(19)20;/h6-7,10,12,17H,4-5,8-9,11H2,1-3H3,(H2,21,22,23);1H. The Balaban J connectivity index is 0.00000420. The summed E-state index contributed by atoms with van der Waals surface area (Å²) in [4.78, 5) is 4.46. The van der Waals surface area contributed by atoms with Gasteiger partial charge >= 0.3 is 6.61 Å². The van der Waals surface area contributed by atoms with E-state index >= 15 is 0 Å². The third-order valence-electron chi connectivity index (χ3n) is 3.89. The van der Waals surface area contributed by atoms with Crippen LogP contribution in [-0.2, 0) is 19.5 Å². The van der Waals surface area contributed by atoms with E-state index in [-0.39, 0.29) is 36.3 Å². The lowest BCUT2D eigenvalue weighted by Gasteiger charge is -2.14. The number of halogens is 3. The van der Waals surface area contributed by atoms with Crippen LogP contribution in [0.25, 0.3) is 0 Å². The second-order valence-electron chi connectivity index (χ2n) is 5.77. The summed E-state index contributed by atoms with van der Waals surface area (Å²) in [6.07, 6.45) is 2.49. The molecule has 1 heterocycles. The molecule has 1 aromatic carbocycles. The van der Waals surface area contributed by atoms with Gasteiger partial charge < -0.3 is 24.7 Å². The van der Waals surface area contributed by atoms with Crippen molar-refractivity contribution in [1.29, 1.82) is 0 Å². The van der Waals surface area contributed by atoms with Gasteiger partial charge in [0.2, 0.25) is 0 Å². The van der Waals surface area contributed by atoms with Crippen molar-refractivity contribution in [2.75, 3.05) is 20.2 Å². The first-order chi connectivity index (χ1) is 13.6. The van der Waals surface area contributed by atoms with Crippen LogP contribution in [0, 0.1) is 0 Å². The number of aliphatic imine (C=N–C) groups is 1. The Morgan fingerprint density at radius 2 is 2.07 bits per heavy atom. The molecule has 8 nitrogen and oxygen atoms in total. The topological polar surface area (TPSA) is 85.6 Å². The van der Waals surface area contributed by atoms with Gasteiger partial charge in [-0.05, 0) is 25.1 Å². The molecular weight excluding hydrogens is 497 g/mol. The SMILES string of the molecule is CCNC(=NCc1cc(OC)ccc1OC(F)F)NCCn1cnnc1CC.I. The molecule has 2 aromatic rings. The number of methoxy groups -OCH3 is 1. The van der Waals surface area contributed by atoms with Gasteiger partial charge in [0.05, 0.1) is 13.7 Å². The number of aromatic nitrogens is 3. The van der Waals surface area contributed by atoms with E-state index in [1.807, 2.05) is 18.4 Å². The van der Waals surface area contributed by atoms with Gasteiger partial charge in [-0.25, -0.2) is 4.99 Å². The van der Waals surface area contributed by atoms with Gasteiger partial charge in [0.25, 0.3) is 0 Å². The average Bonchev–Trinajstić information content (AvgIpc) is 3.14. The number of hydrogen-bond acceptors (Lipinski definition) is 5. The highest BCUT2D eigenvalue weighted by Gasteiger charge is 2.11. The van der Waals surface area contributed by atoms with Crippen molar-refractivity contribution in [3.63, 3.8) is 0 Å². The zero-order chi connectivity index (χ0) is 20.4. The number of aryl methyl sites for hydroxylation is 1. The number of benzene rings is 1. The van der Waals surface area contributed by atoms with Gasteiger partial charge in [0.1, 0.15) is 23.7 Å². The number of ether oxygens (including phenoxy) is 2. The number of guanidine groups is 1. The summed E-state index contributed by atoms with van der Waals surface area (Å²) < 4.78 is 37.0. The maximum Gasteiger partial charge on any atom is 0.387 e. The lowest BCUT2D eigenvalue weighted by molar-refractivity contribution is -0.0504. The van der Waals surface area contributed by atoms with Crippen molar-refractivity contribution in [2.45, 2.75) is 40.0 Å². The van der Waals surface area contributed by atoms with E-state index in [0.717, 1.165) is 12.2 Å². The molecule has 0 fully saturated rings. The third-order valence-corrected chi connectivity index (χ3v) is 3.89. The highest BCUT2D eigenvalue weighted by Crippen LogP contribution is 2.26. The van der Waals surface area contributed by atoms with Gasteiger partial charge in [-0.3, -0.25) is 0 Å². The van der Waals surface area contributed by atoms with Gasteiger partial charge in [-0.1, -0.05) is 6.92 Å². The summed E-state index contributed by atoms with van der Waals surface area (Å²) in [6.45, 7) is 3.17. The predicted octanol–water partition coefficient (Wildman–Crippen LogP) is 2.82. The van der Waals surface area contributed by atoms with Crippen molar-refractivity contribution in [2.24, 2.45) is 4.99 Å². The lowest BCUT2D eigenvalue weighted by Crippen LogP contribution is -2.39. The van der Waals surface area contributed by atoms with Crippen LogP contribution in [-0.4, -0.2) is 47.5 Å². The molecule has 0 aliphatic heterocycles. The number of hydrogen-bond donors (Lipinski definition) is 2. The van der Waals surface area contributed by atoms with Gasteiger partial charge in [-0.15, -0.1) is 34.2 Å². The molecule has 162 valence electrons. The molecule has 0 bridgehead atoms. The van der Waals surface area contributed by atoms with Crippen LogP contribution in [0.3, 0.4) is 0 Å². The third kappa shape index (κ3) is 7.99. The van der Waals surface area contributed by atoms with Crippen LogP contribution in [0.1, 0.15) is 25.2 Å². The van der Waals surface area contributed by atoms with E-state index in [9.17, 15) is 8.78 Å². The summed E-state index contributed by atoms with van der Waals surface area (Å²) in [6, 6.07) is 4.66. The van der Waals surface area contributed by atoms with E-state index in [0.29, 0.717) is 36.9 Å². The molecule has 2 N–H and O–H groups in total. The molecular formula is C18H27F2IN6O2. The summed E-state index contributed by atoms with van der Waals surface area (Å²) in [5.74, 6) is 2.10. The molecule has 0 unspecified atom stereocenters. The Kier molecular flexibility index (Phi) is 11.2. The Morgan fingerprint density at radius 3 is 2.72 bits per heavy atom. The first-order valence-electron chi connectivity index (χ1n) is 9.07. The fourth-order valence-corrected chi connectivity index (χ4v) is 2.56.